The molecule has 0 heterocycles. The standard InChI is InChI=1S/C4H12P2S2.2Y/c1-5(7)3-4-6(2)8;;/h5-6H,3-4H2,1-2H3;;. The Labute approximate surface area is 126 Å². The summed E-state index contributed by atoms with van der Waals surface area (Å²) in [5, 5.41) is 0. The summed E-state index contributed by atoms with van der Waals surface area (Å²) >= 11 is 10.1. The first-order valence-electron chi connectivity index (χ1n) is 2.62. The van der Waals surface area contributed by atoms with Crippen LogP contribution in [0.3, 0.4) is 0 Å². The van der Waals surface area contributed by atoms with E-state index in [1.165, 1.54) is 12.3 Å². The summed E-state index contributed by atoms with van der Waals surface area (Å²) in [4.78, 5) is 0. The number of rotatable bonds is 3. The summed E-state index contributed by atoms with van der Waals surface area (Å²) in [5.74, 6) is 0. The van der Waals surface area contributed by atoms with Gasteiger partial charge in [-0.15, -0.1) is 23.6 Å². The minimum absolute atomic E-state index is 0. The van der Waals surface area contributed by atoms with Gasteiger partial charge in [0, 0.05) is 65.4 Å². The van der Waals surface area contributed by atoms with E-state index >= 15 is 0 Å². The van der Waals surface area contributed by atoms with E-state index in [0.29, 0.717) is 0 Å². The van der Waals surface area contributed by atoms with E-state index in [2.05, 4.69) is 13.3 Å². The summed E-state index contributed by atoms with van der Waals surface area (Å²) in [6.45, 7) is 3.56. The van der Waals surface area contributed by atoms with Gasteiger partial charge in [0.05, 0.1) is 0 Å². The maximum absolute atomic E-state index is 5.07. The zero-order valence-electron chi connectivity index (χ0n) is 6.39. The molecule has 0 aliphatic carbocycles. The first kappa shape index (κ1) is 19.1. The molecule has 0 saturated carbocycles. The van der Waals surface area contributed by atoms with Crippen LogP contribution in [-0.2, 0) is 89.0 Å². The molecule has 0 aromatic rings. The van der Waals surface area contributed by atoms with E-state index in [1.54, 1.807) is 0 Å². The molecule has 2 atom stereocenters. The Morgan fingerprint density at radius 1 is 0.900 bits per heavy atom. The molecule has 0 rings (SSSR count). The van der Waals surface area contributed by atoms with Gasteiger partial charge in [0.2, 0.25) is 0 Å². The average molecular weight is 364 g/mol. The van der Waals surface area contributed by atoms with Crippen LogP contribution < -0.4 is 0 Å². The summed E-state index contributed by atoms with van der Waals surface area (Å²) in [5.41, 5.74) is 0. The quantitative estimate of drug-likeness (QED) is 0.698. The minimum Gasteiger partial charge on any atom is -0.101 e. The van der Waals surface area contributed by atoms with E-state index in [4.69, 9.17) is 23.6 Å². The fourth-order valence-corrected chi connectivity index (χ4v) is 5.01. The topological polar surface area (TPSA) is 0 Å². The maximum Gasteiger partial charge on any atom is 0 e. The molecule has 0 fully saturated rings. The van der Waals surface area contributed by atoms with Crippen LogP contribution in [0.2, 0.25) is 0 Å². The Bertz CT molecular complexity index is 104. The Kier molecular flexibility index (Phi) is 23.9. The Morgan fingerprint density at radius 2 is 1.10 bits per heavy atom. The van der Waals surface area contributed by atoms with Gasteiger partial charge >= 0.3 is 0 Å². The number of hydrogen-bond donors (Lipinski definition) is 0. The van der Waals surface area contributed by atoms with Gasteiger partial charge in [0.25, 0.3) is 0 Å². The molecular weight excluding hydrogens is 352 g/mol. The molecule has 0 aromatic heterocycles. The Morgan fingerprint density at radius 3 is 1.20 bits per heavy atom. The molecule has 0 aliphatic heterocycles. The maximum atomic E-state index is 5.07. The molecule has 2 unspecified atom stereocenters. The van der Waals surface area contributed by atoms with Crippen LogP contribution >= 0.6 is 13.4 Å². The molecule has 0 nitrogen and oxygen atoms in total. The van der Waals surface area contributed by atoms with Gasteiger partial charge < -0.3 is 0 Å². The van der Waals surface area contributed by atoms with E-state index < -0.39 is 0 Å². The van der Waals surface area contributed by atoms with Crippen LogP contribution in [0.1, 0.15) is 0 Å². The fraction of sp³-hybridized carbons (Fsp3) is 1.00. The Balaban J connectivity index is -0.000000245. The van der Waals surface area contributed by atoms with Crippen molar-refractivity contribution in [3.63, 3.8) is 0 Å². The van der Waals surface area contributed by atoms with Gasteiger partial charge in [-0.3, -0.25) is 0 Å². The summed E-state index contributed by atoms with van der Waals surface area (Å²) in [7, 11) is 0. The zero-order valence-corrected chi connectivity index (χ0v) is 15.7. The smallest absolute Gasteiger partial charge is 0 e. The molecule has 0 N–H and O–H groups in total. The van der Waals surface area contributed by atoms with Crippen molar-refractivity contribution in [2.24, 2.45) is 0 Å². The Hall–Kier alpha value is 3.51. The van der Waals surface area contributed by atoms with E-state index in [-0.39, 0.29) is 78.8 Å². The van der Waals surface area contributed by atoms with Gasteiger partial charge in [0.15, 0.2) is 0 Å². The molecule has 0 amide bonds. The van der Waals surface area contributed by atoms with Crippen molar-refractivity contribution in [1.29, 1.82) is 0 Å². The second kappa shape index (κ2) is 12.5. The molecule has 56 valence electrons. The van der Waals surface area contributed by atoms with Crippen molar-refractivity contribution in [2.75, 3.05) is 25.7 Å². The molecule has 10 heavy (non-hydrogen) atoms. The number of hydrogen-bond acceptors (Lipinski definition) is 2. The summed E-state index contributed by atoms with van der Waals surface area (Å²) in [6, 6.07) is 0. The molecular formula is C4H12P2S2Y2. The summed E-state index contributed by atoms with van der Waals surface area (Å²) < 4.78 is 0. The molecule has 0 aromatic carbocycles. The normalized spacial score (nSPS) is 14.2. The minimum atomic E-state index is -0.388. The van der Waals surface area contributed by atoms with Crippen molar-refractivity contribution < 1.29 is 65.4 Å². The third kappa shape index (κ3) is 17.6. The van der Waals surface area contributed by atoms with Gasteiger partial charge in [-0.2, -0.15) is 0 Å². The SMILES string of the molecule is C[PH](=S)CC[PH](C)=S.[Y].[Y]. The van der Waals surface area contributed by atoms with Gasteiger partial charge in [-0.1, -0.05) is 13.4 Å². The van der Waals surface area contributed by atoms with E-state index in [0.717, 1.165) is 0 Å². The second-order valence-corrected chi connectivity index (χ2v) is 9.89. The molecule has 0 spiro atoms. The summed E-state index contributed by atoms with van der Waals surface area (Å²) in [6.07, 6.45) is 2.49. The molecule has 0 saturated heterocycles. The predicted octanol–water partition coefficient (Wildman–Crippen LogP) is 1.59. The van der Waals surface area contributed by atoms with Crippen LogP contribution in [0, 0.1) is 0 Å². The van der Waals surface area contributed by atoms with Gasteiger partial charge in [-0.05, 0) is 25.7 Å². The van der Waals surface area contributed by atoms with Crippen LogP contribution in [-0.4, -0.2) is 25.7 Å². The first-order chi connectivity index (χ1) is 3.63. The van der Waals surface area contributed by atoms with Crippen molar-refractivity contribution >= 4 is 37.0 Å². The van der Waals surface area contributed by atoms with Crippen LogP contribution in [0.5, 0.6) is 0 Å². The van der Waals surface area contributed by atoms with Crippen LogP contribution in [0.4, 0.5) is 0 Å². The molecule has 0 bridgehead atoms. The van der Waals surface area contributed by atoms with Crippen LogP contribution in [0.25, 0.3) is 0 Å². The van der Waals surface area contributed by atoms with Crippen molar-refractivity contribution in [1.82, 2.24) is 0 Å². The molecule has 2 radical (unpaired) electrons. The second-order valence-electron chi connectivity index (χ2n) is 1.90. The first-order valence-corrected chi connectivity index (χ1v) is 9.30. The monoisotopic (exact) mass is 364 g/mol. The van der Waals surface area contributed by atoms with Crippen molar-refractivity contribution in [2.45, 2.75) is 0 Å². The van der Waals surface area contributed by atoms with Gasteiger partial charge in [-0.25, -0.2) is 0 Å². The molecule has 0 aliphatic rings. The largest absolute Gasteiger partial charge is 0.101 e. The van der Waals surface area contributed by atoms with E-state index in [1.807, 2.05) is 0 Å². The fourth-order valence-electron chi connectivity index (χ4n) is 0.352. The van der Waals surface area contributed by atoms with Gasteiger partial charge in [0.1, 0.15) is 0 Å². The van der Waals surface area contributed by atoms with Crippen LogP contribution in [0.15, 0.2) is 0 Å². The average Bonchev–Trinajstić information content (AvgIpc) is 1.61. The predicted molar refractivity (Wildman–Crippen MR) is 52.9 cm³/mol. The zero-order chi connectivity index (χ0) is 6.57. The molecule has 6 heteroatoms. The van der Waals surface area contributed by atoms with Crippen molar-refractivity contribution in [3.8, 4) is 0 Å². The van der Waals surface area contributed by atoms with E-state index in [9.17, 15) is 0 Å². The third-order valence-electron chi connectivity index (χ3n) is 0.829. The van der Waals surface area contributed by atoms with Crippen molar-refractivity contribution in [3.05, 3.63) is 0 Å². The third-order valence-corrected chi connectivity index (χ3v) is 4.46.